The van der Waals surface area contributed by atoms with Crippen LogP contribution in [0.4, 0.5) is 28.8 Å². The molecule has 3 N–H and O–H groups in total. The third kappa shape index (κ3) is 6.83. The number of hydrogen-bond acceptors (Lipinski definition) is 8. The number of aryl methyl sites for hydroxylation is 1. The van der Waals surface area contributed by atoms with E-state index in [1.165, 1.54) is 5.69 Å². The molecule has 1 aliphatic heterocycles. The molecule has 0 spiro atoms. The van der Waals surface area contributed by atoms with Crippen molar-refractivity contribution in [1.29, 1.82) is 0 Å². The molecular weight excluding hydrogens is 432 g/mol. The lowest BCUT2D eigenvalue weighted by Crippen LogP contribution is -2.36. The fourth-order valence-corrected chi connectivity index (χ4v) is 4.08. The molecule has 1 saturated heterocycles. The van der Waals surface area contributed by atoms with Gasteiger partial charge in [-0.2, -0.15) is 4.98 Å². The van der Waals surface area contributed by atoms with Gasteiger partial charge in [0.05, 0.1) is 13.2 Å². The van der Waals surface area contributed by atoms with Crippen molar-refractivity contribution in [2.75, 3.05) is 41.8 Å². The Morgan fingerprint density at radius 2 is 1.73 bits per heavy atom. The summed E-state index contributed by atoms with van der Waals surface area (Å²) in [6.07, 6.45) is 1.83. The van der Waals surface area contributed by atoms with Gasteiger partial charge in [-0.3, -0.25) is 4.72 Å². The zero-order valence-corrected chi connectivity index (χ0v) is 20.5. The van der Waals surface area contributed by atoms with E-state index in [0.29, 0.717) is 5.95 Å². The molecule has 2 aromatic carbocycles. The summed E-state index contributed by atoms with van der Waals surface area (Å²) in [6, 6.07) is 16.7. The van der Waals surface area contributed by atoms with Crippen LogP contribution < -0.4 is 20.3 Å². The lowest BCUT2D eigenvalue weighted by Gasteiger charge is -2.28. The number of nitrogens with zero attached hydrogens (tertiary/aromatic N) is 3. The number of ether oxygens (including phenoxy) is 1. The molecule has 0 unspecified atom stereocenters. The molecule has 0 aliphatic carbocycles. The molecule has 174 valence electrons. The Bertz CT molecular complexity index is 1060. The molecule has 0 saturated carbocycles. The lowest BCUT2D eigenvalue weighted by atomic mass is 10.1. The van der Waals surface area contributed by atoms with E-state index in [1.807, 2.05) is 25.3 Å². The lowest BCUT2D eigenvalue weighted by molar-refractivity contribution is 0.122. The van der Waals surface area contributed by atoms with Crippen molar-refractivity contribution < 1.29 is 4.74 Å². The van der Waals surface area contributed by atoms with E-state index in [4.69, 9.17) is 9.72 Å². The third-order valence-electron chi connectivity index (χ3n) is 5.04. The maximum atomic E-state index is 5.44. The maximum Gasteiger partial charge on any atom is 0.229 e. The van der Waals surface area contributed by atoms with Crippen molar-refractivity contribution in [1.82, 2.24) is 14.7 Å². The van der Waals surface area contributed by atoms with Gasteiger partial charge in [0.25, 0.3) is 0 Å². The predicted octanol–water partition coefficient (Wildman–Crippen LogP) is 5.50. The van der Waals surface area contributed by atoms with Gasteiger partial charge in [-0.15, -0.1) is 0 Å². The van der Waals surface area contributed by atoms with Crippen LogP contribution in [0.2, 0.25) is 0 Å². The van der Waals surface area contributed by atoms with Gasteiger partial charge in [-0.25, -0.2) is 4.98 Å². The summed E-state index contributed by atoms with van der Waals surface area (Å²) >= 11 is 1.63. The molecule has 7 nitrogen and oxygen atoms in total. The first-order valence-corrected chi connectivity index (χ1v) is 12.0. The van der Waals surface area contributed by atoms with E-state index in [2.05, 4.69) is 82.4 Å². The van der Waals surface area contributed by atoms with E-state index in [0.717, 1.165) is 54.0 Å². The SMILES string of the molecule is Cc1cnc(Nc2ccc(N3CCOCC3)cc2)nc1Nc1cccc(SNC(C)(C)C)c1. The maximum absolute atomic E-state index is 5.44. The average molecular weight is 465 g/mol. The first-order chi connectivity index (χ1) is 15.9. The monoisotopic (exact) mass is 464 g/mol. The van der Waals surface area contributed by atoms with Crippen LogP contribution in [0.1, 0.15) is 26.3 Å². The molecule has 1 aliphatic rings. The van der Waals surface area contributed by atoms with Gasteiger partial charge in [-0.1, -0.05) is 6.07 Å². The summed E-state index contributed by atoms with van der Waals surface area (Å²) in [4.78, 5) is 12.6. The molecule has 1 aromatic heterocycles. The van der Waals surface area contributed by atoms with Gasteiger partial charge >= 0.3 is 0 Å². The number of anilines is 5. The van der Waals surface area contributed by atoms with Crippen LogP contribution in [0.5, 0.6) is 0 Å². The molecule has 8 heteroatoms. The van der Waals surface area contributed by atoms with Gasteiger partial charge in [0, 0.05) is 52.3 Å². The van der Waals surface area contributed by atoms with Crippen molar-refractivity contribution in [3.05, 3.63) is 60.3 Å². The highest BCUT2D eigenvalue weighted by molar-refractivity contribution is 7.97. The normalized spacial score (nSPS) is 14.2. The molecule has 0 radical (unpaired) electrons. The summed E-state index contributed by atoms with van der Waals surface area (Å²) in [5.74, 6) is 1.34. The first kappa shape index (κ1) is 23.4. The van der Waals surface area contributed by atoms with Gasteiger partial charge in [0.1, 0.15) is 5.82 Å². The van der Waals surface area contributed by atoms with Crippen LogP contribution in [-0.2, 0) is 4.74 Å². The number of benzene rings is 2. The molecule has 0 amide bonds. The molecule has 0 bridgehead atoms. The van der Waals surface area contributed by atoms with Crippen LogP contribution in [0.25, 0.3) is 0 Å². The van der Waals surface area contributed by atoms with Crippen LogP contribution in [0.15, 0.2) is 59.6 Å². The third-order valence-corrected chi connectivity index (χ3v) is 6.25. The van der Waals surface area contributed by atoms with E-state index in [1.54, 1.807) is 11.9 Å². The molecule has 0 atom stereocenters. The minimum Gasteiger partial charge on any atom is -0.378 e. The number of nitrogens with one attached hydrogen (secondary N) is 3. The zero-order chi connectivity index (χ0) is 23.3. The van der Waals surface area contributed by atoms with Crippen molar-refractivity contribution in [2.45, 2.75) is 38.1 Å². The van der Waals surface area contributed by atoms with Crippen molar-refractivity contribution in [2.24, 2.45) is 0 Å². The predicted molar refractivity (Wildman–Crippen MR) is 138 cm³/mol. The van der Waals surface area contributed by atoms with Crippen molar-refractivity contribution in [3.63, 3.8) is 0 Å². The Hall–Kier alpha value is -2.81. The molecule has 3 aromatic rings. The van der Waals surface area contributed by atoms with Gasteiger partial charge in [0.2, 0.25) is 5.95 Å². The smallest absolute Gasteiger partial charge is 0.229 e. The fraction of sp³-hybridized carbons (Fsp3) is 0.360. The topological polar surface area (TPSA) is 74.3 Å². The minimum atomic E-state index is 0.0400. The number of aromatic nitrogens is 2. The van der Waals surface area contributed by atoms with Gasteiger partial charge in [-0.05, 0) is 82.1 Å². The van der Waals surface area contributed by atoms with E-state index >= 15 is 0 Å². The Kier molecular flexibility index (Phi) is 7.37. The summed E-state index contributed by atoms with van der Waals surface area (Å²) < 4.78 is 8.88. The highest BCUT2D eigenvalue weighted by atomic mass is 32.2. The van der Waals surface area contributed by atoms with Crippen molar-refractivity contribution >= 4 is 40.8 Å². The first-order valence-electron chi connectivity index (χ1n) is 11.2. The number of hydrogen-bond donors (Lipinski definition) is 3. The Balaban J connectivity index is 1.43. The summed E-state index contributed by atoms with van der Waals surface area (Å²) in [5.41, 5.74) is 4.16. The largest absolute Gasteiger partial charge is 0.378 e. The zero-order valence-electron chi connectivity index (χ0n) is 19.7. The average Bonchev–Trinajstić information content (AvgIpc) is 2.81. The van der Waals surface area contributed by atoms with Gasteiger partial charge < -0.3 is 20.3 Å². The summed E-state index contributed by atoms with van der Waals surface area (Å²) in [7, 11) is 0. The Morgan fingerprint density at radius 3 is 2.45 bits per heavy atom. The van der Waals surface area contributed by atoms with E-state index in [9.17, 15) is 0 Å². The van der Waals surface area contributed by atoms with Crippen molar-refractivity contribution in [3.8, 4) is 0 Å². The molecule has 33 heavy (non-hydrogen) atoms. The summed E-state index contributed by atoms with van der Waals surface area (Å²) in [5, 5.41) is 6.75. The second-order valence-corrected chi connectivity index (χ2v) is 9.98. The standard InChI is InChI=1S/C25H32N6OS/c1-18-17-26-24(28-19-8-10-21(11-9-19)31-12-14-32-15-13-31)29-23(18)27-20-6-5-7-22(16-20)33-30-25(2,3)4/h5-11,16-17,30H,12-15H2,1-4H3,(H2,26,27,28,29). The highest BCUT2D eigenvalue weighted by Crippen LogP contribution is 2.26. The van der Waals surface area contributed by atoms with Crippen LogP contribution in [0.3, 0.4) is 0 Å². The van der Waals surface area contributed by atoms with E-state index < -0.39 is 0 Å². The molecule has 2 heterocycles. The van der Waals surface area contributed by atoms with Crippen LogP contribution >= 0.6 is 11.9 Å². The number of morpholine rings is 1. The number of rotatable bonds is 7. The summed E-state index contributed by atoms with van der Waals surface area (Å²) in [6.45, 7) is 11.9. The van der Waals surface area contributed by atoms with Crippen LogP contribution in [0, 0.1) is 6.92 Å². The molecule has 4 rings (SSSR count). The quantitative estimate of drug-likeness (QED) is 0.396. The van der Waals surface area contributed by atoms with E-state index in [-0.39, 0.29) is 5.54 Å². The Labute approximate surface area is 200 Å². The van der Waals surface area contributed by atoms with Gasteiger partial charge in [0.15, 0.2) is 0 Å². The fourth-order valence-electron chi connectivity index (χ4n) is 3.32. The molecule has 1 fully saturated rings. The highest BCUT2D eigenvalue weighted by Gasteiger charge is 2.12. The second-order valence-electron chi connectivity index (χ2n) is 9.10. The Morgan fingerprint density at radius 1 is 0.970 bits per heavy atom. The van der Waals surface area contributed by atoms with Crippen LogP contribution in [-0.4, -0.2) is 41.8 Å². The minimum absolute atomic E-state index is 0.0400. The molecular formula is C25H32N6OS. The second kappa shape index (κ2) is 10.4.